The van der Waals surface area contributed by atoms with Crippen LogP contribution in [0.15, 0.2) is 0 Å². The quantitative estimate of drug-likeness (QED) is 0.796. The maximum absolute atomic E-state index is 11.7. The van der Waals surface area contributed by atoms with Crippen molar-refractivity contribution in [1.82, 2.24) is 4.90 Å². The number of amides is 1. The van der Waals surface area contributed by atoms with Gasteiger partial charge >= 0.3 is 5.97 Å². The van der Waals surface area contributed by atoms with Gasteiger partial charge in [-0.05, 0) is 25.2 Å². The van der Waals surface area contributed by atoms with Crippen LogP contribution in [0.4, 0.5) is 0 Å². The first-order valence-electron chi connectivity index (χ1n) is 6.01. The van der Waals surface area contributed by atoms with Crippen molar-refractivity contribution in [3.8, 4) is 0 Å². The molecule has 0 unspecified atom stereocenters. The Balaban J connectivity index is 2.28. The van der Waals surface area contributed by atoms with Gasteiger partial charge < -0.3 is 10.0 Å². The highest BCUT2D eigenvalue weighted by Gasteiger charge is 2.24. The largest absolute Gasteiger partial charge is 0.481 e. The third-order valence-corrected chi connectivity index (χ3v) is 3.19. The van der Waals surface area contributed by atoms with Crippen molar-refractivity contribution < 1.29 is 14.7 Å². The summed E-state index contributed by atoms with van der Waals surface area (Å²) in [4.78, 5) is 24.0. The molecule has 4 heteroatoms. The van der Waals surface area contributed by atoms with Gasteiger partial charge in [0.25, 0.3) is 0 Å². The van der Waals surface area contributed by atoms with E-state index in [2.05, 4.69) is 0 Å². The average Bonchev–Trinajstić information content (AvgIpc) is 2.26. The van der Waals surface area contributed by atoms with Gasteiger partial charge in [0.05, 0.1) is 0 Å². The second kappa shape index (κ2) is 5.87. The molecule has 16 heavy (non-hydrogen) atoms. The number of carbonyl (C=O) groups is 2. The lowest BCUT2D eigenvalue weighted by molar-refractivity contribution is -0.138. The number of nitrogens with zero attached hydrogens (tertiary/aromatic N) is 1. The molecule has 0 aromatic rings. The van der Waals surface area contributed by atoms with Crippen molar-refractivity contribution in [3.63, 3.8) is 0 Å². The third-order valence-electron chi connectivity index (χ3n) is 3.19. The minimum absolute atomic E-state index is 0.0653. The smallest absolute Gasteiger partial charge is 0.303 e. The molecule has 0 aromatic heterocycles. The number of hydrogen-bond donors (Lipinski definition) is 1. The van der Waals surface area contributed by atoms with Gasteiger partial charge in [-0.1, -0.05) is 13.8 Å². The topological polar surface area (TPSA) is 57.6 Å². The Morgan fingerprint density at radius 3 is 2.31 bits per heavy atom. The number of carboxylic acids is 1. The number of carboxylic acid groups (broad SMARTS) is 1. The van der Waals surface area contributed by atoms with E-state index in [1.54, 1.807) is 0 Å². The summed E-state index contributed by atoms with van der Waals surface area (Å²) in [6.07, 6.45) is 2.90. The molecular weight excluding hydrogens is 206 g/mol. The van der Waals surface area contributed by atoms with Crippen LogP contribution in [0.1, 0.15) is 39.5 Å². The monoisotopic (exact) mass is 227 g/mol. The first-order chi connectivity index (χ1) is 7.50. The summed E-state index contributed by atoms with van der Waals surface area (Å²) >= 11 is 0. The average molecular weight is 227 g/mol. The molecule has 0 atom stereocenters. The maximum Gasteiger partial charge on any atom is 0.303 e. The highest BCUT2D eigenvalue weighted by Crippen LogP contribution is 2.22. The summed E-state index contributed by atoms with van der Waals surface area (Å²) in [5.74, 6) is 0.0419. The second-order valence-corrected chi connectivity index (χ2v) is 4.86. The summed E-state index contributed by atoms with van der Waals surface area (Å²) < 4.78 is 0. The van der Waals surface area contributed by atoms with Crippen molar-refractivity contribution in [1.29, 1.82) is 0 Å². The van der Waals surface area contributed by atoms with Gasteiger partial charge in [-0.2, -0.15) is 0 Å². The van der Waals surface area contributed by atoms with E-state index >= 15 is 0 Å². The first-order valence-corrected chi connectivity index (χ1v) is 6.01. The molecule has 1 rings (SSSR count). The van der Waals surface area contributed by atoms with Crippen molar-refractivity contribution >= 4 is 11.9 Å². The van der Waals surface area contributed by atoms with Crippen molar-refractivity contribution in [2.24, 2.45) is 11.8 Å². The van der Waals surface area contributed by atoms with Gasteiger partial charge in [-0.3, -0.25) is 9.59 Å². The third kappa shape index (κ3) is 3.83. The standard InChI is InChI=1S/C12H21NO3/c1-9(2)12(16)13-7-5-10(6-8-13)3-4-11(14)15/h9-10H,3-8H2,1-2H3,(H,14,15). The SMILES string of the molecule is CC(C)C(=O)N1CCC(CCC(=O)O)CC1. The second-order valence-electron chi connectivity index (χ2n) is 4.86. The Bertz CT molecular complexity index is 255. The molecule has 0 aromatic carbocycles. The zero-order valence-electron chi connectivity index (χ0n) is 10.1. The van der Waals surface area contributed by atoms with Crippen LogP contribution in [0.5, 0.6) is 0 Å². The molecule has 1 N–H and O–H groups in total. The fraction of sp³-hybridized carbons (Fsp3) is 0.833. The Labute approximate surface area is 96.6 Å². The van der Waals surface area contributed by atoms with Gasteiger partial charge in [0, 0.05) is 25.4 Å². The molecule has 0 bridgehead atoms. The number of likely N-dealkylation sites (tertiary alicyclic amines) is 1. The van der Waals surface area contributed by atoms with E-state index in [1.807, 2.05) is 18.7 Å². The van der Waals surface area contributed by atoms with Gasteiger partial charge in [-0.15, -0.1) is 0 Å². The summed E-state index contributed by atoms with van der Waals surface area (Å²) in [6, 6.07) is 0. The predicted molar refractivity (Wildman–Crippen MR) is 61.0 cm³/mol. The number of carbonyl (C=O) groups excluding carboxylic acids is 1. The number of piperidine rings is 1. The molecule has 1 saturated heterocycles. The first kappa shape index (κ1) is 13.0. The Morgan fingerprint density at radius 2 is 1.88 bits per heavy atom. The fourth-order valence-electron chi connectivity index (χ4n) is 2.13. The molecule has 0 spiro atoms. The van der Waals surface area contributed by atoms with Crippen LogP contribution < -0.4 is 0 Å². The van der Waals surface area contributed by atoms with E-state index in [9.17, 15) is 9.59 Å². The molecule has 1 aliphatic rings. The van der Waals surface area contributed by atoms with Crippen LogP contribution in [0.2, 0.25) is 0 Å². The summed E-state index contributed by atoms with van der Waals surface area (Å²) in [6.45, 7) is 5.42. The minimum Gasteiger partial charge on any atom is -0.481 e. The zero-order chi connectivity index (χ0) is 12.1. The van der Waals surface area contributed by atoms with Gasteiger partial charge in [0.15, 0.2) is 0 Å². The molecule has 0 radical (unpaired) electrons. The molecule has 0 aliphatic carbocycles. The van der Waals surface area contributed by atoms with Crippen LogP contribution in [0.25, 0.3) is 0 Å². The van der Waals surface area contributed by atoms with E-state index in [1.165, 1.54) is 0 Å². The number of aliphatic carboxylic acids is 1. The zero-order valence-corrected chi connectivity index (χ0v) is 10.1. The van der Waals surface area contributed by atoms with Gasteiger partial charge in [0.2, 0.25) is 5.91 Å². The minimum atomic E-state index is -0.722. The maximum atomic E-state index is 11.7. The van der Waals surface area contributed by atoms with E-state index in [-0.39, 0.29) is 18.2 Å². The summed E-state index contributed by atoms with van der Waals surface area (Å²) in [7, 11) is 0. The molecular formula is C12H21NO3. The normalized spacial score (nSPS) is 17.8. The molecule has 1 fully saturated rings. The Kier molecular flexibility index (Phi) is 4.77. The molecule has 92 valence electrons. The van der Waals surface area contributed by atoms with Crippen LogP contribution in [-0.4, -0.2) is 35.0 Å². The Morgan fingerprint density at radius 1 is 1.31 bits per heavy atom. The van der Waals surface area contributed by atoms with E-state index in [0.29, 0.717) is 5.92 Å². The highest BCUT2D eigenvalue weighted by molar-refractivity contribution is 5.78. The fourth-order valence-corrected chi connectivity index (χ4v) is 2.13. The van der Waals surface area contributed by atoms with Gasteiger partial charge in [-0.25, -0.2) is 0 Å². The lowest BCUT2D eigenvalue weighted by Gasteiger charge is -2.32. The lowest BCUT2D eigenvalue weighted by atomic mass is 9.92. The molecule has 1 heterocycles. The molecule has 1 amide bonds. The van der Waals surface area contributed by atoms with Crippen molar-refractivity contribution in [2.75, 3.05) is 13.1 Å². The van der Waals surface area contributed by atoms with E-state index in [4.69, 9.17) is 5.11 Å². The van der Waals surface area contributed by atoms with Crippen LogP contribution in [-0.2, 0) is 9.59 Å². The summed E-state index contributed by atoms with van der Waals surface area (Å²) in [5.41, 5.74) is 0. The summed E-state index contributed by atoms with van der Waals surface area (Å²) in [5, 5.41) is 8.59. The van der Waals surface area contributed by atoms with Crippen LogP contribution in [0, 0.1) is 11.8 Å². The van der Waals surface area contributed by atoms with Crippen molar-refractivity contribution in [2.45, 2.75) is 39.5 Å². The number of rotatable bonds is 4. The van der Waals surface area contributed by atoms with E-state index < -0.39 is 5.97 Å². The van der Waals surface area contributed by atoms with Crippen LogP contribution in [0.3, 0.4) is 0 Å². The van der Waals surface area contributed by atoms with E-state index in [0.717, 1.165) is 32.4 Å². The molecule has 4 nitrogen and oxygen atoms in total. The molecule has 1 aliphatic heterocycles. The lowest BCUT2D eigenvalue weighted by Crippen LogP contribution is -2.40. The van der Waals surface area contributed by atoms with Gasteiger partial charge in [0.1, 0.15) is 0 Å². The number of hydrogen-bond acceptors (Lipinski definition) is 2. The van der Waals surface area contributed by atoms with Crippen LogP contribution >= 0.6 is 0 Å². The molecule has 0 saturated carbocycles. The van der Waals surface area contributed by atoms with Crippen molar-refractivity contribution in [3.05, 3.63) is 0 Å². The Hall–Kier alpha value is -1.06. The predicted octanol–water partition coefficient (Wildman–Crippen LogP) is 1.75. The highest BCUT2D eigenvalue weighted by atomic mass is 16.4.